The molecule has 3 heteroatoms. The molecule has 0 aliphatic heterocycles. The summed E-state index contributed by atoms with van der Waals surface area (Å²) in [5.41, 5.74) is 1.39. The molecule has 0 spiro atoms. The fourth-order valence-corrected chi connectivity index (χ4v) is 3.21. The van der Waals surface area contributed by atoms with E-state index in [4.69, 9.17) is 0 Å². The molecule has 0 amide bonds. The van der Waals surface area contributed by atoms with Crippen molar-refractivity contribution in [3.8, 4) is 0 Å². The fraction of sp³-hybridized carbons (Fsp3) is 0.588. The molecule has 1 aromatic carbocycles. The molecule has 3 atom stereocenters. The zero-order chi connectivity index (χ0) is 14.4. The Labute approximate surface area is 121 Å². The number of hydrogen-bond donors (Lipinski definition) is 2. The Kier molecular flexibility index (Phi) is 5.60. The van der Waals surface area contributed by atoms with Crippen LogP contribution >= 0.6 is 0 Å². The van der Waals surface area contributed by atoms with Crippen molar-refractivity contribution in [2.24, 2.45) is 5.92 Å². The van der Waals surface area contributed by atoms with Gasteiger partial charge in [0.05, 0.1) is 0 Å². The first-order chi connectivity index (χ1) is 9.69. The van der Waals surface area contributed by atoms with Crippen LogP contribution in [0.1, 0.15) is 44.6 Å². The molecule has 1 aromatic rings. The van der Waals surface area contributed by atoms with Crippen molar-refractivity contribution < 1.29 is 9.90 Å². The standard InChI is InChI=1S/C17H25NO2/c1-2-6-16(17(19)20)18-15-10-9-14(12-15)11-13-7-4-3-5-8-13/h3-5,7-8,14-16,18H,2,6,9-12H2,1H3,(H,19,20). The van der Waals surface area contributed by atoms with Crippen LogP contribution in [0, 0.1) is 5.92 Å². The number of hydrogen-bond acceptors (Lipinski definition) is 2. The van der Waals surface area contributed by atoms with E-state index in [1.54, 1.807) is 0 Å². The molecular formula is C17H25NO2. The molecule has 0 heterocycles. The van der Waals surface area contributed by atoms with E-state index in [0.29, 0.717) is 12.0 Å². The molecule has 0 saturated heterocycles. The average molecular weight is 275 g/mol. The Hall–Kier alpha value is -1.35. The van der Waals surface area contributed by atoms with Gasteiger partial charge in [-0.25, -0.2) is 0 Å². The summed E-state index contributed by atoms with van der Waals surface area (Å²) >= 11 is 0. The minimum Gasteiger partial charge on any atom is -0.480 e. The van der Waals surface area contributed by atoms with Crippen molar-refractivity contribution in [3.05, 3.63) is 35.9 Å². The predicted molar refractivity (Wildman–Crippen MR) is 80.7 cm³/mol. The lowest BCUT2D eigenvalue weighted by Gasteiger charge is -2.19. The number of carbonyl (C=O) groups is 1. The fourth-order valence-electron chi connectivity index (χ4n) is 3.21. The molecular weight excluding hydrogens is 250 g/mol. The maximum atomic E-state index is 11.2. The largest absolute Gasteiger partial charge is 0.480 e. The summed E-state index contributed by atoms with van der Waals surface area (Å²) in [6.45, 7) is 2.03. The van der Waals surface area contributed by atoms with E-state index in [2.05, 4.69) is 29.6 Å². The molecule has 20 heavy (non-hydrogen) atoms. The normalized spacial score (nSPS) is 23.6. The molecule has 2 N–H and O–H groups in total. The van der Waals surface area contributed by atoms with Crippen molar-refractivity contribution in [2.45, 2.75) is 57.5 Å². The van der Waals surface area contributed by atoms with E-state index in [1.807, 2.05) is 13.0 Å². The predicted octanol–water partition coefficient (Wildman–Crippen LogP) is 3.24. The Bertz CT molecular complexity index is 418. The molecule has 1 fully saturated rings. The van der Waals surface area contributed by atoms with Crippen LogP contribution in [0.3, 0.4) is 0 Å². The highest BCUT2D eigenvalue weighted by Gasteiger charge is 2.28. The SMILES string of the molecule is CCCC(NC1CCC(Cc2ccccc2)C1)C(=O)O. The van der Waals surface area contributed by atoms with Crippen LogP contribution in [0.4, 0.5) is 0 Å². The van der Waals surface area contributed by atoms with Crippen molar-refractivity contribution in [1.82, 2.24) is 5.32 Å². The Morgan fingerprint density at radius 2 is 2.10 bits per heavy atom. The first-order valence-electron chi connectivity index (χ1n) is 7.71. The van der Waals surface area contributed by atoms with Crippen LogP contribution in [0.2, 0.25) is 0 Å². The van der Waals surface area contributed by atoms with Gasteiger partial charge in [-0.3, -0.25) is 4.79 Å². The number of nitrogens with one attached hydrogen (secondary N) is 1. The summed E-state index contributed by atoms with van der Waals surface area (Å²) in [4.78, 5) is 11.2. The Morgan fingerprint density at radius 1 is 1.35 bits per heavy atom. The molecule has 2 rings (SSSR count). The highest BCUT2D eigenvalue weighted by Crippen LogP contribution is 2.29. The van der Waals surface area contributed by atoms with Crippen molar-refractivity contribution in [1.29, 1.82) is 0 Å². The minimum absolute atomic E-state index is 0.372. The monoisotopic (exact) mass is 275 g/mol. The second-order valence-corrected chi connectivity index (χ2v) is 5.91. The molecule has 0 radical (unpaired) electrons. The number of rotatable bonds is 7. The van der Waals surface area contributed by atoms with E-state index in [-0.39, 0.29) is 6.04 Å². The average Bonchev–Trinajstić information content (AvgIpc) is 2.86. The molecule has 0 aromatic heterocycles. The van der Waals surface area contributed by atoms with Crippen LogP contribution in [0.5, 0.6) is 0 Å². The third-order valence-electron chi connectivity index (χ3n) is 4.22. The molecule has 1 saturated carbocycles. The van der Waals surface area contributed by atoms with Gasteiger partial charge in [0.2, 0.25) is 0 Å². The van der Waals surface area contributed by atoms with Crippen LogP contribution < -0.4 is 5.32 Å². The molecule has 3 nitrogen and oxygen atoms in total. The van der Waals surface area contributed by atoms with Crippen LogP contribution in [0.25, 0.3) is 0 Å². The van der Waals surface area contributed by atoms with Gasteiger partial charge >= 0.3 is 5.97 Å². The lowest BCUT2D eigenvalue weighted by Crippen LogP contribution is -2.42. The van der Waals surface area contributed by atoms with Gasteiger partial charge in [0.1, 0.15) is 6.04 Å². The first-order valence-corrected chi connectivity index (χ1v) is 7.71. The van der Waals surface area contributed by atoms with E-state index >= 15 is 0 Å². The molecule has 1 aliphatic carbocycles. The lowest BCUT2D eigenvalue weighted by atomic mass is 9.98. The van der Waals surface area contributed by atoms with Crippen molar-refractivity contribution in [3.63, 3.8) is 0 Å². The third-order valence-corrected chi connectivity index (χ3v) is 4.22. The van der Waals surface area contributed by atoms with E-state index in [0.717, 1.165) is 32.1 Å². The number of carboxylic acid groups (broad SMARTS) is 1. The van der Waals surface area contributed by atoms with E-state index < -0.39 is 5.97 Å². The maximum absolute atomic E-state index is 11.2. The second-order valence-electron chi connectivity index (χ2n) is 5.91. The summed E-state index contributed by atoms with van der Waals surface area (Å²) in [6.07, 6.45) is 6.14. The number of aliphatic carboxylic acids is 1. The summed E-state index contributed by atoms with van der Waals surface area (Å²) in [7, 11) is 0. The third kappa shape index (κ3) is 4.34. The summed E-state index contributed by atoms with van der Waals surface area (Å²) in [6, 6.07) is 10.6. The smallest absolute Gasteiger partial charge is 0.320 e. The van der Waals surface area contributed by atoms with Crippen molar-refractivity contribution in [2.75, 3.05) is 0 Å². The summed E-state index contributed by atoms with van der Waals surface area (Å²) < 4.78 is 0. The van der Waals surface area contributed by atoms with Crippen molar-refractivity contribution >= 4 is 5.97 Å². The second kappa shape index (κ2) is 7.44. The summed E-state index contributed by atoms with van der Waals surface area (Å²) in [5, 5.41) is 12.5. The highest BCUT2D eigenvalue weighted by molar-refractivity contribution is 5.73. The zero-order valence-corrected chi connectivity index (χ0v) is 12.2. The molecule has 1 aliphatic rings. The highest BCUT2D eigenvalue weighted by atomic mass is 16.4. The van der Waals surface area contributed by atoms with E-state index in [9.17, 15) is 9.90 Å². The van der Waals surface area contributed by atoms with Gasteiger partial charge < -0.3 is 10.4 Å². The Balaban J connectivity index is 1.81. The van der Waals surface area contributed by atoms with E-state index in [1.165, 1.54) is 12.0 Å². The van der Waals surface area contributed by atoms with Crippen LogP contribution in [-0.2, 0) is 11.2 Å². The zero-order valence-electron chi connectivity index (χ0n) is 12.2. The van der Waals surface area contributed by atoms with Gasteiger partial charge in [-0.05, 0) is 43.6 Å². The first kappa shape index (κ1) is 15.0. The van der Waals surface area contributed by atoms with Crippen LogP contribution in [0.15, 0.2) is 30.3 Å². The van der Waals surface area contributed by atoms with Gasteiger partial charge in [-0.1, -0.05) is 43.7 Å². The topological polar surface area (TPSA) is 49.3 Å². The number of benzene rings is 1. The lowest BCUT2D eigenvalue weighted by molar-refractivity contribution is -0.139. The van der Waals surface area contributed by atoms with Gasteiger partial charge in [0.25, 0.3) is 0 Å². The van der Waals surface area contributed by atoms with Gasteiger partial charge in [-0.2, -0.15) is 0 Å². The van der Waals surface area contributed by atoms with Crippen LogP contribution in [-0.4, -0.2) is 23.2 Å². The Morgan fingerprint density at radius 3 is 2.75 bits per heavy atom. The minimum atomic E-state index is -0.710. The summed E-state index contributed by atoms with van der Waals surface area (Å²) in [5.74, 6) is -0.0238. The van der Waals surface area contributed by atoms with Gasteiger partial charge in [0.15, 0.2) is 0 Å². The van der Waals surface area contributed by atoms with Gasteiger partial charge in [-0.15, -0.1) is 0 Å². The number of carboxylic acids is 1. The molecule has 110 valence electrons. The quantitative estimate of drug-likeness (QED) is 0.803. The van der Waals surface area contributed by atoms with Gasteiger partial charge in [0, 0.05) is 6.04 Å². The molecule has 3 unspecified atom stereocenters. The maximum Gasteiger partial charge on any atom is 0.320 e. The molecule has 0 bridgehead atoms.